The second-order valence-electron chi connectivity index (χ2n) is 5.48. The number of nitriles is 1. The molecule has 0 N–H and O–H groups in total. The Labute approximate surface area is 123 Å². The van der Waals surface area contributed by atoms with Gasteiger partial charge in [0, 0.05) is 12.7 Å². The number of hydrogen-bond acceptors (Lipinski definition) is 3. The van der Waals surface area contributed by atoms with Crippen molar-refractivity contribution in [1.29, 1.82) is 5.26 Å². The van der Waals surface area contributed by atoms with Crippen molar-refractivity contribution in [3.05, 3.63) is 59.5 Å². The van der Waals surface area contributed by atoms with Crippen LogP contribution in [-0.4, -0.2) is 11.5 Å². The van der Waals surface area contributed by atoms with Gasteiger partial charge in [0.1, 0.15) is 17.7 Å². The van der Waals surface area contributed by atoms with Crippen molar-refractivity contribution in [1.82, 2.24) is 4.98 Å². The maximum absolute atomic E-state index is 13.5. The van der Waals surface area contributed by atoms with Gasteiger partial charge in [0.15, 0.2) is 0 Å². The number of rotatable bonds is 2. The van der Waals surface area contributed by atoms with Crippen LogP contribution in [0.2, 0.25) is 0 Å². The second kappa shape index (κ2) is 5.53. The Kier molecular flexibility index (Phi) is 3.57. The highest BCUT2D eigenvalue weighted by Crippen LogP contribution is 2.39. The van der Waals surface area contributed by atoms with Crippen molar-refractivity contribution in [3.8, 4) is 6.07 Å². The molecule has 2 atom stereocenters. The van der Waals surface area contributed by atoms with Crippen LogP contribution in [0.3, 0.4) is 0 Å². The van der Waals surface area contributed by atoms with Gasteiger partial charge >= 0.3 is 0 Å². The Morgan fingerprint density at radius 1 is 1.33 bits per heavy atom. The average Bonchev–Trinajstić information content (AvgIpc) is 2.89. The van der Waals surface area contributed by atoms with E-state index in [0.717, 1.165) is 24.3 Å². The van der Waals surface area contributed by atoms with Crippen molar-refractivity contribution in [2.75, 3.05) is 11.4 Å². The van der Waals surface area contributed by atoms with E-state index in [1.807, 2.05) is 12.1 Å². The van der Waals surface area contributed by atoms with Crippen LogP contribution in [0.25, 0.3) is 0 Å². The lowest BCUT2D eigenvalue weighted by atomic mass is 9.95. The van der Waals surface area contributed by atoms with Crippen LogP contribution in [0.15, 0.2) is 42.6 Å². The van der Waals surface area contributed by atoms with Gasteiger partial charge in [-0.25, -0.2) is 9.37 Å². The van der Waals surface area contributed by atoms with Crippen LogP contribution < -0.4 is 4.90 Å². The fourth-order valence-corrected chi connectivity index (χ4v) is 3.03. The number of pyridine rings is 1. The third-order valence-electron chi connectivity index (χ3n) is 4.06. The van der Waals surface area contributed by atoms with E-state index in [1.54, 1.807) is 24.4 Å². The zero-order valence-corrected chi connectivity index (χ0v) is 11.8. The lowest BCUT2D eigenvalue weighted by molar-refractivity contribution is 0.526. The molecule has 1 saturated heterocycles. The van der Waals surface area contributed by atoms with E-state index in [2.05, 4.69) is 22.9 Å². The molecule has 3 nitrogen and oxygen atoms in total. The van der Waals surface area contributed by atoms with Crippen LogP contribution >= 0.6 is 0 Å². The third-order valence-corrected chi connectivity index (χ3v) is 4.06. The molecule has 21 heavy (non-hydrogen) atoms. The largest absolute Gasteiger partial charge is 0.349 e. The molecule has 0 saturated carbocycles. The van der Waals surface area contributed by atoms with E-state index in [-0.39, 0.29) is 11.9 Å². The number of nitrogens with zero attached hydrogens (tertiary/aromatic N) is 3. The summed E-state index contributed by atoms with van der Waals surface area (Å²) >= 11 is 0. The number of benzene rings is 1. The molecule has 0 radical (unpaired) electrons. The minimum atomic E-state index is -0.209. The van der Waals surface area contributed by atoms with Gasteiger partial charge in [0.05, 0.1) is 11.6 Å². The van der Waals surface area contributed by atoms with Crippen molar-refractivity contribution >= 4 is 5.82 Å². The van der Waals surface area contributed by atoms with Crippen LogP contribution in [0, 0.1) is 23.1 Å². The third kappa shape index (κ3) is 2.59. The Hall–Kier alpha value is -2.41. The van der Waals surface area contributed by atoms with Crippen LogP contribution in [0.4, 0.5) is 10.2 Å². The first-order valence-corrected chi connectivity index (χ1v) is 7.07. The van der Waals surface area contributed by atoms with Crippen molar-refractivity contribution < 1.29 is 4.39 Å². The highest BCUT2D eigenvalue weighted by atomic mass is 19.1. The van der Waals surface area contributed by atoms with Crippen molar-refractivity contribution in [2.24, 2.45) is 5.92 Å². The van der Waals surface area contributed by atoms with Crippen LogP contribution in [-0.2, 0) is 0 Å². The molecule has 0 bridgehead atoms. The van der Waals surface area contributed by atoms with Crippen molar-refractivity contribution in [3.63, 3.8) is 0 Å². The normalized spacial score (nSPS) is 21.3. The molecule has 1 aromatic heterocycles. The molecule has 0 spiro atoms. The quantitative estimate of drug-likeness (QED) is 0.843. The molecule has 2 heterocycles. The molecular formula is C17H16FN3. The molecule has 3 rings (SSSR count). The fraction of sp³-hybridized carbons (Fsp3) is 0.294. The summed E-state index contributed by atoms with van der Waals surface area (Å²) in [6, 6.07) is 12.6. The first kappa shape index (κ1) is 13.6. The maximum atomic E-state index is 13.5. The summed E-state index contributed by atoms with van der Waals surface area (Å²) in [5.41, 5.74) is 1.53. The molecule has 4 heteroatoms. The SMILES string of the molecule is CC1CCN(c2ccc(C#N)cn2)C1c1cccc(F)c1. The standard InChI is InChI=1S/C17H16FN3/c1-12-7-8-21(16-6-5-13(10-19)11-20-16)17(12)14-3-2-4-15(18)9-14/h2-6,9,11-12,17H,7-8H2,1H3. The molecule has 2 unspecified atom stereocenters. The minimum Gasteiger partial charge on any atom is -0.349 e. The van der Waals surface area contributed by atoms with Gasteiger partial charge in [-0.15, -0.1) is 0 Å². The fourth-order valence-electron chi connectivity index (χ4n) is 3.03. The molecule has 1 aliphatic heterocycles. The van der Waals surface area contributed by atoms with E-state index in [9.17, 15) is 4.39 Å². The summed E-state index contributed by atoms with van der Waals surface area (Å²) in [6.07, 6.45) is 2.63. The lowest BCUT2D eigenvalue weighted by Crippen LogP contribution is -2.25. The van der Waals surface area contributed by atoms with Gasteiger partial charge in [0.2, 0.25) is 0 Å². The van der Waals surface area contributed by atoms with Crippen molar-refractivity contribution in [2.45, 2.75) is 19.4 Å². The first-order valence-electron chi connectivity index (χ1n) is 7.07. The number of anilines is 1. The number of hydrogen-bond donors (Lipinski definition) is 0. The Bertz CT molecular complexity index is 675. The molecular weight excluding hydrogens is 265 g/mol. The van der Waals surface area contributed by atoms with Gasteiger partial charge in [0.25, 0.3) is 0 Å². The summed E-state index contributed by atoms with van der Waals surface area (Å²) in [4.78, 5) is 6.57. The van der Waals surface area contributed by atoms with Gasteiger partial charge in [-0.1, -0.05) is 19.1 Å². The van der Waals surface area contributed by atoms with Crippen LogP contribution in [0.5, 0.6) is 0 Å². The summed E-state index contributed by atoms with van der Waals surface area (Å²) in [6.45, 7) is 3.07. The van der Waals surface area contributed by atoms with Crippen LogP contribution in [0.1, 0.15) is 30.5 Å². The number of halogens is 1. The first-order chi connectivity index (χ1) is 10.2. The monoisotopic (exact) mass is 281 g/mol. The minimum absolute atomic E-state index is 0.126. The van der Waals surface area contributed by atoms with E-state index in [4.69, 9.17) is 5.26 Å². The van der Waals surface area contributed by atoms with E-state index >= 15 is 0 Å². The van der Waals surface area contributed by atoms with Gasteiger partial charge in [-0.05, 0) is 42.2 Å². The average molecular weight is 281 g/mol. The molecule has 0 amide bonds. The summed E-state index contributed by atoms with van der Waals surface area (Å²) < 4.78 is 13.5. The van der Waals surface area contributed by atoms with E-state index in [0.29, 0.717) is 11.5 Å². The van der Waals surface area contributed by atoms with Gasteiger partial charge in [-0.3, -0.25) is 0 Å². The highest BCUT2D eigenvalue weighted by Gasteiger charge is 2.33. The smallest absolute Gasteiger partial charge is 0.129 e. The molecule has 2 aromatic rings. The summed E-state index contributed by atoms with van der Waals surface area (Å²) in [5, 5.41) is 8.85. The maximum Gasteiger partial charge on any atom is 0.129 e. The molecule has 106 valence electrons. The van der Waals surface area contributed by atoms with E-state index < -0.39 is 0 Å². The highest BCUT2D eigenvalue weighted by molar-refractivity contribution is 5.46. The Balaban J connectivity index is 1.95. The zero-order valence-electron chi connectivity index (χ0n) is 11.8. The Morgan fingerprint density at radius 2 is 2.19 bits per heavy atom. The van der Waals surface area contributed by atoms with Gasteiger partial charge in [-0.2, -0.15) is 5.26 Å². The van der Waals surface area contributed by atoms with E-state index in [1.165, 1.54) is 6.07 Å². The summed E-state index contributed by atoms with van der Waals surface area (Å²) in [7, 11) is 0. The predicted octanol–water partition coefficient (Wildman–Crippen LogP) is 3.68. The summed E-state index contributed by atoms with van der Waals surface area (Å²) in [5.74, 6) is 1.07. The molecule has 1 fully saturated rings. The molecule has 0 aliphatic carbocycles. The molecule has 1 aliphatic rings. The van der Waals surface area contributed by atoms with Gasteiger partial charge < -0.3 is 4.90 Å². The topological polar surface area (TPSA) is 39.9 Å². The second-order valence-corrected chi connectivity index (χ2v) is 5.48. The lowest BCUT2D eigenvalue weighted by Gasteiger charge is -2.28. The Morgan fingerprint density at radius 3 is 2.86 bits per heavy atom. The molecule has 1 aromatic carbocycles. The predicted molar refractivity (Wildman–Crippen MR) is 79.2 cm³/mol. The number of aromatic nitrogens is 1. The zero-order chi connectivity index (χ0) is 14.8.